The van der Waals surface area contributed by atoms with Crippen molar-refractivity contribution in [1.82, 2.24) is 10.3 Å². The van der Waals surface area contributed by atoms with E-state index in [1.165, 1.54) is 0 Å². The minimum absolute atomic E-state index is 0.178. The van der Waals surface area contributed by atoms with Crippen LogP contribution in [0.25, 0.3) is 0 Å². The van der Waals surface area contributed by atoms with Crippen molar-refractivity contribution in [3.63, 3.8) is 0 Å². The van der Waals surface area contributed by atoms with E-state index in [1.807, 2.05) is 0 Å². The first-order valence-corrected chi connectivity index (χ1v) is 7.97. The second kappa shape index (κ2) is 4.54. The summed E-state index contributed by atoms with van der Waals surface area (Å²) >= 11 is 0. The second-order valence-electron chi connectivity index (χ2n) is 7.50. The highest BCUT2D eigenvalue weighted by atomic mass is 16.4. The van der Waals surface area contributed by atoms with Crippen molar-refractivity contribution in [2.24, 2.45) is 17.3 Å². The Labute approximate surface area is 129 Å². The lowest BCUT2D eigenvalue weighted by Gasteiger charge is -2.60. The summed E-state index contributed by atoms with van der Waals surface area (Å²) in [5.41, 5.74) is -0.568. The van der Waals surface area contributed by atoms with Crippen LogP contribution >= 0.6 is 0 Å². The molecule has 1 heterocycles. The predicted molar refractivity (Wildman–Crippen MR) is 79.2 cm³/mol. The molecule has 0 aromatic carbocycles. The molecule has 116 valence electrons. The molecule has 0 saturated heterocycles. The number of hydrogen-bond donors (Lipinski definition) is 2. The largest absolute Gasteiger partial charge is 0.481 e. The molecular weight excluding hydrogens is 280 g/mol. The minimum Gasteiger partial charge on any atom is -0.481 e. The van der Waals surface area contributed by atoms with Gasteiger partial charge in [0.25, 0.3) is 5.91 Å². The number of nitrogens with zero attached hydrogens (tertiary/aromatic N) is 1. The molecule has 5 nitrogen and oxygen atoms in total. The minimum atomic E-state index is -0.682. The van der Waals surface area contributed by atoms with Gasteiger partial charge in [0.2, 0.25) is 0 Å². The van der Waals surface area contributed by atoms with Gasteiger partial charge in [-0.2, -0.15) is 0 Å². The fraction of sp³-hybridized carbons (Fsp3) is 0.588. The number of nitrogens with one attached hydrogen (secondary N) is 1. The smallest absolute Gasteiger partial charge is 0.309 e. The number of aromatic nitrogens is 1. The molecule has 4 aliphatic rings. The maximum atomic E-state index is 12.5. The number of amides is 1. The summed E-state index contributed by atoms with van der Waals surface area (Å²) in [6.45, 7) is 0. The third-order valence-corrected chi connectivity index (χ3v) is 5.79. The third-order valence-electron chi connectivity index (χ3n) is 5.79. The molecule has 0 aliphatic heterocycles. The average Bonchev–Trinajstić information content (AvgIpc) is 2.46. The Morgan fingerprint density at radius 2 is 1.91 bits per heavy atom. The number of rotatable bonds is 3. The van der Waals surface area contributed by atoms with Gasteiger partial charge in [0.15, 0.2) is 0 Å². The maximum Gasteiger partial charge on any atom is 0.309 e. The summed E-state index contributed by atoms with van der Waals surface area (Å²) in [4.78, 5) is 28.4. The monoisotopic (exact) mass is 300 g/mol. The van der Waals surface area contributed by atoms with Crippen LogP contribution < -0.4 is 5.32 Å². The van der Waals surface area contributed by atoms with E-state index in [4.69, 9.17) is 0 Å². The summed E-state index contributed by atoms with van der Waals surface area (Å²) in [6, 6.07) is 5.27. The molecule has 4 fully saturated rings. The Hall–Kier alpha value is -1.91. The standard InChI is InChI=1S/C17H20N2O3/c20-14(13-3-1-2-4-18-13)19-17-8-11-5-12(9-17)7-16(6-11,10-17)15(21)22/h1-4,11-12H,5-10H2,(H,19,20)(H,21,22). The van der Waals surface area contributed by atoms with Crippen LogP contribution in [-0.4, -0.2) is 27.5 Å². The number of aliphatic carboxylic acids is 1. The Morgan fingerprint density at radius 3 is 2.50 bits per heavy atom. The molecule has 2 atom stereocenters. The van der Waals surface area contributed by atoms with Crippen LogP contribution in [0.4, 0.5) is 0 Å². The Bertz CT molecular complexity index is 614. The Kier molecular flexibility index (Phi) is 2.83. The molecule has 1 aromatic rings. The zero-order valence-electron chi connectivity index (χ0n) is 12.4. The summed E-state index contributed by atoms with van der Waals surface area (Å²) < 4.78 is 0. The van der Waals surface area contributed by atoms with E-state index in [0.717, 1.165) is 32.1 Å². The van der Waals surface area contributed by atoms with Gasteiger partial charge in [-0.05, 0) is 62.5 Å². The van der Waals surface area contributed by atoms with Crippen molar-refractivity contribution >= 4 is 11.9 Å². The van der Waals surface area contributed by atoms with Gasteiger partial charge in [-0.25, -0.2) is 0 Å². The number of carboxylic acid groups (broad SMARTS) is 1. The number of carbonyl (C=O) groups excluding carboxylic acids is 1. The highest BCUT2D eigenvalue weighted by Crippen LogP contribution is 2.61. The topological polar surface area (TPSA) is 79.3 Å². The Balaban J connectivity index is 1.61. The lowest BCUT2D eigenvalue weighted by Crippen LogP contribution is -2.64. The normalized spacial score (nSPS) is 38.7. The van der Waals surface area contributed by atoms with Crippen LogP contribution in [0, 0.1) is 17.3 Å². The quantitative estimate of drug-likeness (QED) is 0.897. The van der Waals surface area contributed by atoms with Gasteiger partial charge in [0.1, 0.15) is 5.69 Å². The van der Waals surface area contributed by atoms with E-state index < -0.39 is 11.4 Å². The van der Waals surface area contributed by atoms with Crippen molar-refractivity contribution in [2.45, 2.75) is 44.1 Å². The lowest BCUT2D eigenvalue weighted by molar-refractivity contribution is -0.167. The maximum absolute atomic E-state index is 12.5. The van der Waals surface area contributed by atoms with Crippen LogP contribution in [0.5, 0.6) is 0 Å². The molecule has 5 heteroatoms. The molecule has 0 spiro atoms. The van der Waals surface area contributed by atoms with Crippen LogP contribution in [0.15, 0.2) is 24.4 Å². The number of hydrogen-bond acceptors (Lipinski definition) is 3. The first-order chi connectivity index (χ1) is 10.5. The summed E-state index contributed by atoms with van der Waals surface area (Å²) in [5.74, 6) is 0.00362. The summed E-state index contributed by atoms with van der Waals surface area (Å²) in [6.07, 6.45) is 6.68. The first-order valence-electron chi connectivity index (χ1n) is 7.97. The fourth-order valence-electron chi connectivity index (χ4n) is 5.46. The molecule has 1 aromatic heterocycles. The van der Waals surface area contributed by atoms with E-state index in [1.54, 1.807) is 24.4 Å². The van der Waals surface area contributed by atoms with E-state index in [0.29, 0.717) is 24.0 Å². The zero-order chi connectivity index (χ0) is 15.4. The van der Waals surface area contributed by atoms with Crippen molar-refractivity contribution in [3.05, 3.63) is 30.1 Å². The first kappa shape index (κ1) is 13.7. The Morgan fingerprint density at radius 1 is 1.18 bits per heavy atom. The fourth-order valence-corrected chi connectivity index (χ4v) is 5.46. The third kappa shape index (κ3) is 2.02. The van der Waals surface area contributed by atoms with E-state index >= 15 is 0 Å². The van der Waals surface area contributed by atoms with Crippen molar-refractivity contribution in [2.75, 3.05) is 0 Å². The van der Waals surface area contributed by atoms with Crippen molar-refractivity contribution in [3.8, 4) is 0 Å². The zero-order valence-corrected chi connectivity index (χ0v) is 12.4. The van der Waals surface area contributed by atoms with E-state index in [2.05, 4.69) is 10.3 Å². The number of carboxylic acids is 1. The highest BCUT2D eigenvalue weighted by molar-refractivity contribution is 5.92. The molecular formula is C17H20N2O3. The average molecular weight is 300 g/mol. The van der Waals surface area contributed by atoms with Gasteiger partial charge in [-0.1, -0.05) is 6.07 Å². The van der Waals surface area contributed by atoms with Crippen LogP contribution in [0.2, 0.25) is 0 Å². The van der Waals surface area contributed by atoms with E-state index in [9.17, 15) is 14.7 Å². The second-order valence-corrected chi connectivity index (χ2v) is 7.50. The van der Waals surface area contributed by atoms with Crippen LogP contribution in [0.3, 0.4) is 0 Å². The SMILES string of the molecule is O=C(NC12CC3CC(C1)CC(C(=O)O)(C3)C2)c1ccccn1. The van der Waals surface area contributed by atoms with Gasteiger partial charge in [0.05, 0.1) is 5.41 Å². The molecule has 4 bridgehead atoms. The van der Waals surface area contributed by atoms with Gasteiger partial charge in [0, 0.05) is 11.7 Å². The predicted octanol–water partition coefficient (Wildman–Crippen LogP) is 2.24. The summed E-state index contributed by atoms with van der Waals surface area (Å²) in [5, 5.41) is 12.9. The molecule has 4 saturated carbocycles. The van der Waals surface area contributed by atoms with Gasteiger partial charge in [-0.3, -0.25) is 14.6 Å². The lowest BCUT2D eigenvalue weighted by atomic mass is 9.47. The van der Waals surface area contributed by atoms with Crippen LogP contribution in [0.1, 0.15) is 49.0 Å². The van der Waals surface area contributed by atoms with Gasteiger partial charge >= 0.3 is 5.97 Å². The molecule has 5 rings (SSSR count). The van der Waals surface area contributed by atoms with E-state index in [-0.39, 0.29) is 11.4 Å². The molecule has 2 N–H and O–H groups in total. The summed E-state index contributed by atoms with van der Waals surface area (Å²) in [7, 11) is 0. The molecule has 2 unspecified atom stereocenters. The molecule has 4 aliphatic carbocycles. The van der Waals surface area contributed by atoms with Crippen molar-refractivity contribution in [1.29, 1.82) is 0 Å². The van der Waals surface area contributed by atoms with Gasteiger partial charge in [-0.15, -0.1) is 0 Å². The number of carbonyl (C=O) groups is 2. The number of pyridine rings is 1. The molecule has 0 radical (unpaired) electrons. The molecule has 1 amide bonds. The highest BCUT2D eigenvalue weighted by Gasteiger charge is 2.61. The molecule has 22 heavy (non-hydrogen) atoms. The van der Waals surface area contributed by atoms with Crippen molar-refractivity contribution < 1.29 is 14.7 Å². The van der Waals surface area contributed by atoms with Crippen LogP contribution in [-0.2, 0) is 4.79 Å². The van der Waals surface area contributed by atoms with Gasteiger partial charge < -0.3 is 10.4 Å².